The number of carbonyl (C=O) groups is 1. The molecule has 1 fully saturated rings. The van der Waals surface area contributed by atoms with Crippen molar-refractivity contribution in [3.05, 3.63) is 29.8 Å². The van der Waals surface area contributed by atoms with Crippen molar-refractivity contribution in [2.45, 2.75) is 56.4 Å². The number of benzene rings is 1. The Morgan fingerprint density at radius 2 is 2.15 bits per heavy atom. The van der Waals surface area contributed by atoms with Crippen molar-refractivity contribution in [1.82, 2.24) is 24.6 Å². The van der Waals surface area contributed by atoms with Crippen LogP contribution in [0.3, 0.4) is 0 Å². The quantitative estimate of drug-likeness (QED) is 0.559. The monoisotopic (exact) mass is 475 g/mol. The molecule has 2 heterocycles. The van der Waals surface area contributed by atoms with Crippen LogP contribution in [0, 0.1) is 5.92 Å². The number of rotatable bonds is 9. The van der Waals surface area contributed by atoms with Crippen molar-refractivity contribution < 1.29 is 17.9 Å². The Labute approximate surface area is 195 Å². The Balaban J connectivity index is 1.39. The summed E-state index contributed by atoms with van der Waals surface area (Å²) in [6.45, 7) is 2.27. The third kappa shape index (κ3) is 5.62. The number of methoxy groups -OCH3 is 1. The molecule has 33 heavy (non-hydrogen) atoms. The van der Waals surface area contributed by atoms with E-state index in [4.69, 9.17) is 4.74 Å². The molecular weight excluding hydrogens is 442 g/mol. The molecule has 4 rings (SSSR count). The van der Waals surface area contributed by atoms with E-state index in [1.807, 2.05) is 0 Å². The van der Waals surface area contributed by atoms with Crippen LogP contribution < -0.4 is 5.32 Å². The van der Waals surface area contributed by atoms with Crippen LogP contribution in [0.25, 0.3) is 11.0 Å². The maximum Gasteiger partial charge on any atom is 0.243 e. The maximum absolute atomic E-state index is 13.3. The van der Waals surface area contributed by atoms with Crippen molar-refractivity contribution >= 4 is 27.0 Å². The van der Waals surface area contributed by atoms with Crippen molar-refractivity contribution in [2.75, 3.05) is 33.4 Å². The molecule has 9 nitrogen and oxygen atoms in total. The lowest BCUT2D eigenvalue weighted by molar-refractivity contribution is -0.126. The Bertz CT molecular complexity index is 1110. The smallest absolute Gasteiger partial charge is 0.243 e. The van der Waals surface area contributed by atoms with Crippen LogP contribution in [-0.2, 0) is 26.1 Å². The maximum atomic E-state index is 13.3. The van der Waals surface area contributed by atoms with Gasteiger partial charge in [-0.25, -0.2) is 13.1 Å². The van der Waals surface area contributed by atoms with Gasteiger partial charge < -0.3 is 10.1 Å². The fourth-order valence-electron chi connectivity index (χ4n) is 4.60. The molecule has 1 aliphatic carbocycles. The largest absolute Gasteiger partial charge is 0.383 e. The third-order valence-electron chi connectivity index (χ3n) is 6.52. The number of amides is 1. The first kappa shape index (κ1) is 23.8. The Kier molecular flexibility index (Phi) is 7.77. The molecule has 1 atom stereocenters. The van der Waals surface area contributed by atoms with Crippen LogP contribution >= 0.6 is 0 Å². The topological polar surface area (TPSA) is 106 Å². The lowest BCUT2D eigenvalue weighted by Gasteiger charge is -2.31. The summed E-state index contributed by atoms with van der Waals surface area (Å²) in [5.74, 6) is -0.379. The zero-order valence-electron chi connectivity index (χ0n) is 19.2. The van der Waals surface area contributed by atoms with Crippen LogP contribution in [0.2, 0.25) is 0 Å². The van der Waals surface area contributed by atoms with Gasteiger partial charge in [0.25, 0.3) is 0 Å². The van der Waals surface area contributed by atoms with Crippen molar-refractivity contribution in [1.29, 1.82) is 0 Å². The number of ether oxygens (including phenoxy) is 1. The van der Waals surface area contributed by atoms with Crippen LogP contribution in [-0.4, -0.2) is 67.0 Å². The van der Waals surface area contributed by atoms with Crippen LogP contribution in [0.15, 0.2) is 34.7 Å². The van der Waals surface area contributed by atoms with Gasteiger partial charge in [0.1, 0.15) is 5.52 Å². The van der Waals surface area contributed by atoms with Crippen LogP contribution in [0.4, 0.5) is 0 Å². The van der Waals surface area contributed by atoms with E-state index in [1.165, 1.54) is 22.7 Å². The Morgan fingerprint density at radius 1 is 1.27 bits per heavy atom. The van der Waals surface area contributed by atoms with Gasteiger partial charge >= 0.3 is 0 Å². The minimum Gasteiger partial charge on any atom is -0.383 e. The molecule has 1 unspecified atom stereocenters. The summed E-state index contributed by atoms with van der Waals surface area (Å²) in [5, 5.41) is 11.2. The fourth-order valence-corrected chi connectivity index (χ4v) is 6.15. The molecule has 0 radical (unpaired) electrons. The highest BCUT2D eigenvalue weighted by atomic mass is 32.2. The van der Waals surface area contributed by atoms with Gasteiger partial charge in [0.05, 0.1) is 29.5 Å². The van der Waals surface area contributed by atoms with Gasteiger partial charge in [0.2, 0.25) is 15.9 Å². The zero-order valence-corrected chi connectivity index (χ0v) is 20.0. The van der Waals surface area contributed by atoms with Gasteiger partial charge in [-0.1, -0.05) is 16.9 Å². The normalized spacial score (nSPS) is 20.0. The molecule has 1 aliphatic heterocycles. The number of piperidine rings is 1. The lowest BCUT2D eigenvalue weighted by atomic mass is 9.96. The predicted octanol–water partition coefficient (Wildman–Crippen LogP) is 2.49. The molecule has 1 saturated heterocycles. The molecule has 0 spiro atoms. The minimum absolute atomic E-state index is 0.0529. The molecule has 0 bridgehead atoms. The van der Waals surface area contributed by atoms with Gasteiger partial charge in [-0.15, -0.1) is 5.10 Å². The van der Waals surface area contributed by atoms with Gasteiger partial charge in [-0.05, 0) is 63.1 Å². The fraction of sp³-hybridized carbons (Fsp3) is 0.609. The molecule has 1 aromatic carbocycles. The zero-order chi connectivity index (χ0) is 23.3. The Morgan fingerprint density at radius 3 is 2.94 bits per heavy atom. The first-order valence-corrected chi connectivity index (χ1v) is 13.2. The van der Waals surface area contributed by atoms with Crippen LogP contribution in [0.1, 0.15) is 44.9 Å². The summed E-state index contributed by atoms with van der Waals surface area (Å²) in [5.41, 5.74) is 2.70. The number of sulfonamides is 1. The van der Waals surface area contributed by atoms with Gasteiger partial charge in [0.15, 0.2) is 0 Å². The predicted molar refractivity (Wildman–Crippen MR) is 125 cm³/mol. The van der Waals surface area contributed by atoms with Gasteiger partial charge in [-0.2, -0.15) is 4.31 Å². The number of carbonyl (C=O) groups excluding carboxylic acids is 1. The SMILES string of the molecule is COCCn1nnc2cc(S(=O)(=O)N3CCCC(C(=O)NCCC4=CCCCC4)C3)ccc21. The average molecular weight is 476 g/mol. The summed E-state index contributed by atoms with van der Waals surface area (Å²) in [6, 6.07) is 4.88. The second-order valence-corrected chi connectivity index (χ2v) is 10.7. The molecule has 2 aromatic rings. The molecule has 1 N–H and O–H groups in total. The summed E-state index contributed by atoms with van der Waals surface area (Å²) in [4.78, 5) is 12.9. The van der Waals surface area contributed by atoms with Gasteiger partial charge in [0, 0.05) is 26.7 Å². The number of hydrogen-bond donors (Lipinski definition) is 1. The van der Waals surface area contributed by atoms with Crippen molar-refractivity contribution in [3.8, 4) is 0 Å². The highest BCUT2D eigenvalue weighted by molar-refractivity contribution is 7.89. The summed E-state index contributed by atoms with van der Waals surface area (Å²) >= 11 is 0. The number of nitrogens with zero attached hydrogens (tertiary/aromatic N) is 4. The van der Waals surface area contributed by atoms with Gasteiger partial charge in [-0.3, -0.25) is 4.79 Å². The number of nitrogens with one attached hydrogen (secondary N) is 1. The molecular formula is C23H33N5O4S. The van der Waals surface area contributed by atoms with Crippen molar-refractivity contribution in [2.24, 2.45) is 5.92 Å². The molecule has 10 heteroatoms. The summed E-state index contributed by atoms with van der Waals surface area (Å²) in [6.07, 6.45) is 9.27. The van der Waals surface area contributed by atoms with E-state index < -0.39 is 10.0 Å². The molecule has 180 valence electrons. The second kappa shape index (κ2) is 10.8. The standard InChI is InChI=1S/C23H33N5O4S/c1-32-15-14-28-22-10-9-20(16-21(22)25-26-28)33(30,31)27-13-5-8-19(17-27)23(29)24-12-11-18-6-3-2-4-7-18/h6,9-10,16,19H,2-5,7-8,11-15,17H2,1H3,(H,24,29). The van der Waals surface area contributed by atoms with E-state index >= 15 is 0 Å². The van der Waals surface area contributed by atoms with E-state index in [0.29, 0.717) is 44.6 Å². The first-order chi connectivity index (χ1) is 16.0. The highest BCUT2D eigenvalue weighted by Gasteiger charge is 2.33. The van der Waals surface area contributed by atoms with E-state index in [0.717, 1.165) is 24.8 Å². The molecule has 0 saturated carbocycles. The number of hydrogen-bond acceptors (Lipinski definition) is 6. The Hall–Kier alpha value is -2.30. The number of allylic oxidation sites excluding steroid dienone is 1. The summed E-state index contributed by atoms with van der Waals surface area (Å²) in [7, 11) is -2.11. The van der Waals surface area contributed by atoms with E-state index in [9.17, 15) is 13.2 Å². The molecule has 1 aromatic heterocycles. The molecule has 1 amide bonds. The third-order valence-corrected chi connectivity index (χ3v) is 8.38. The van der Waals surface area contributed by atoms with E-state index in [1.54, 1.807) is 30.0 Å². The number of fused-ring (bicyclic) bond motifs is 1. The van der Waals surface area contributed by atoms with E-state index in [-0.39, 0.29) is 23.3 Å². The minimum atomic E-state index is -3.72. The highest BCUT2D eigenvalue weighted by Crippen LogP contribution is 2.26. The second-order valence-electron chi connectivity index (χ2n) is 8.81. The lowest BCUT2D eigenvalue weighted by Crippen LogP contribution is -2.45. The average Bonchev–Trinajstić information content (AvgIpc) is 3.25. The van der Waals surface area contributed by atoms with Crippen molar-refractivity contribution in [3.63, 3.8) is 0 Å². The summed E-state index contributed by atoms with van der Waals surface area (Å²) < 4.78 is 34.8. The first-order valence-electron chi connectivity index (χ1n) is 11.8. The van der Waals surface area contributed by atoms with Crippen LogP contribution in [0.5, 0.6) is 0 Å². The van der Waals surface area contributed by atoms with E-state index in [2.05, 4.69) is 21.7 Å². The molecule has 2 aliphatic rings. The number of aromatic nitrogens is 3.